The molecule has 0 radical (unpaired) electrons. The lowest BCUT2D eigenvalue weighted by molar-refractivity contribution is -0.149. The standard InChI is InChI=1S/C26H27F2NO3/c1-16(2)32-25(30)15-31-24-11-8-17(3)26(18(24)4)29-14-21-12-20(9-10-23(21)28)19-6-5-7-22(27)13-19/h5-13,16,29H,14-15H2,1-4H3. The Bertz CT molecular complexity index is 1110. The summed E-state index contributed by atoms with van der Waals surface area (Å²) in [5.41, 5.74) is 4.44. The Morgan fingerprint density at radius 1 is 1.00 bits per heavy atom. The average Bonchev–Trinajstić information content (AvgIpc) is 2.73. The lowest BCUT2D eigenvalue weighted by Gasteiger charge is -2.17. The summed E-state index contributed by atoms with van der Waals surface area (Å²) in [6.07, 6.45) is -0.208. The molecule has 0 aliphatic heterocycles. The van der Waals surface area contributed by atoms with Gasteiger partial charge in [-0.05, 0) is 74.7 Å². The number of hydrogen-bond acceptors (Lipinski definition) is 4. The van der Waals surface area contributed by atoms with E-state index < -0.39 is 5.97 Å². The van der Waals surface area contributed by atoms with E-state index in [9.17, 15) is 13.6 Å². The minimum absolute atomic E-state index is 0.189. The maximum atomic E-state index is 14.5. The van der Waals surface area contributed by atoms with Gasteiger partial charge in [0.05, 0.1) is 6.10 Å². The maximum Gasteiger partial charge on any atom is 0.344 e. The molecule has 0 spiro atoms. The summed E-state index contributed by atoms with van der Waals surface area (Å²) in [4.78, 5) is 11.8. The number of carbonyl (C=O) groups is 1. The van der Waals surface area contributed by atoms with Gasteiger partial charge in [0, 0.05) is 23.4 Å². The fraction of sp³-hybridized carbons (Fsp3) is 0.269. The van der Waals surface area contributed by atoms with Gasteiger partial charge in [0.2, 0.25) is 0 Å². The first-order valence-electron chi connectivity index (χ1n) is 10.5. The highest BCUT2D eigenvalue weighted by Crippen LogP contribution is 2.30. The molecule has 0 aliphatic carbocycles. The Morgan fingerprint density at radius 2 is 1.75 bits per heavy atom. The second-order valence-electron chi connectivity index (χ2n) is 7.88. The molecule has 0 saturated carbocycles. The van der Waals surface area contributed by atoms with Crippen molar-refractivity contribution >= 4 is 11.7 Å². The summed E-state index contributed by atoms with van der Waals surface area (Å²) in [6.45, 7) is 7.41. The Balaban J connectivity index is 1.76. The monoisotopic (exact) mass is 439 g/mol. The predicted molar refractivity (Wildman–Crippen MR) is 122 cm³/mol. The van der Waals surface area contributed by atoms with Crippen LogP contribution in [-0.4, -0.2) is 18.7 Å². The number of nitrogens with one attached hydrogen (secondary N) is 1. The molecule has 1 N–H and O–H groups in total. The van der Waals surface area contributed by atoms with E-state index >= 15 is 0 Å². The van der Waals surface area contributed by atoms with Crippen LogP contribution in [0.4, 0.5) is 14.5 Å². The van der Waals surface area contributed by atoms with Gasteiger partial charge >= 0.3 is 5.97 Å². The third-order valence-electron chi connectivity index (χ3n) is 5.00. The van der Waals surface area contributed by atoms with E-state index in [2.05, 4.69) is 5.32 Å². The minimum Gasteiger partial charge on any atom is -0.482 e. The number of rotatable bonds is 8. The average molecular weight is 440 g/mol. The molecule has 0 amide bonds. The Morgan fingerprint density at radius 3 is 2.47 bits per heavy atom. The van der Waals surface area contributed by atoms with Crippen LogP contribution in [0.3, 0.4) is 0 Å². The molecule has 168 valence electrons. The quantitative estimate of drug-likeness (QED) is 0.425. The van der Waals surface area contributed by atoms with Crippen LogP contribution >= 0.6 is 0 Å². The van der Waals surface area contributed by atoms with Gasteiger partial charge in [0.1, 0.15) is 17.4 Å². The molecule has 3 aromatic carbocycles. The molecular weight excluding hydrogens is 412 g/mol. The van der Waals surface area contributed by atoms with E-state index in [1.807, 2.05) is 19.9 Å². The van der Waals surface area contributed by atoms with Crippen molar-refractivity contribution in [2.75, 3.05) is 11.9 Å². The third-order valence-corrected chi connectivity index (χ3v) is 5.00. The van der Waals surface area contributed by atoms with Gasteiger partial charge in [-0.3, -0.25) is 0 Å². The molecule has 0 aromatic heterocycles. The molecule has 0 fully saturated rings. The number of halogens is 2. The molecule has 3 aromatic rings. The molecule has 0 heterocycles. The summed E-state index contributed by atoms with van der Waals surface area (Å²) in [5.74, 6) is -0.581. The second kappa shape index (κ2) is 10.3. The number of benzene rings is 3. The molecule has 32 heavy (non-hydrogen) atoms. The van der Waals surface area contributed by atoms with Crippen LogP contribution in [0.15, 0.2) is 54.6 Å². The lowest BCUT2D eigenvalue weighted by Crippen LogP contribution is -2.19. The topological polar surface area (TPSA) is 47.6 Å². The Labute approximate surface area is 187 Å². The highest BCUT2D eigenvalue weighted by atomic mass is 19.1. The number of aryl methyl sites for hydroxylation is 1. The van der Waals surface area contributed by atoms with E-state index in [-0.39, 0.29) is 30.9 Å². The molecule has 3 rings (SSSR count). The summed E-state index contributed by atoms with van der Waals surface area (Å²) in [5, 5.41) is 3.28. The van der Waals surface area contributed by atoms with Crippen LogP contribution in [-0.2, 0) is 16.1 Å². The Kier molecular flexibility index (Phi) is 7.46. The number of anilines is 1. The number of carbonyl (C=O) groups excluding carboxylic acids is 1. The second-order valence-corrected chi connectivity index (χ2v) is 7.88. The fourth-order valence-corrected chi connectivity index (χ4v) is 3.43. The maximum absolute atomic E-state index is 14.5. The first-order valence-corrected chi connectivity index (χ1v) is 10.5. The van der Waals surface area contributed by atoms with Crippen molar-refractivity contribution in [1.82, 2.24) is 0 Å². The van der Waals surface area contributed by atoms with Gasteiger partial charge in [-0.2, -0.15) is 0 Å². The summed E-state index contributed by atoms with van der Waals surface area (Å²) in [7, 11) is 0. The van der Waals surface area contributed by atoms with E-state index in [1.54, 1.807) is 44.2 Å². The van der Waals surface area contributed by atoms with Crippen LogP contribution in [0.2, 0.25) is 0 Å². The van der Waals surface area contributed by atoms with E-state index in [1.165, 1.54) is 18.2 Å². The highest BCUT2D eigenvalue weighted by Gasteiger charge is 2.13. The third kappa shape index (κ3) is 5.84. The molecule has 0 unspecified atom stereocenters. The van der Waals surface area contributed by atoms with Crippen molar-refractivity contribution in [3.8, 4) is 16.9 Å². The number of ether oxygens (including phenoxy) is 2. The predicted octanol–water partition coefficient (Wildman–Crippen LogP) is 6.19. The van der Waals surface area contributed by atoms with E-state index in [0.29, 0.717) is 16.9 Å². The van der Waals surface area contributed by atoms with Crippen LogP contribution < -0.4 is 10.1 Å². The highest BCUT2D eigenvalue weighted by molar-refractivity contribution is 5.72. The molecule has 6 heteroatoms. The minimum atomic E-state index is -0.439. The summed E-state index contributed by atoms with van der Waals surface area (Å²) >= 11 is 0. The van der Waals surface area contributed by atoms with Crippen molar-refractivity contribution in [1.29, 1.82) is 0 Å². The Hall–Kier alpha value is -3.41. The van der Waals surface area contributed by atoms with Crippen molar-refractivity contribution in [2.45, 2.75) is 40.3 Å². The molecule has 0 atom stereocenters. The molecule has 0 aliphatic rings. The van der Waals surface area contributed by atoms with E-state index in [0.717, 1.165) is 22.4 Å². The fourth-order valence-electron chi connectivity index (χ4n) is 3.43. The van der Waals surface area contributed by atoms with Gasteiger partial charge in [-0.15, -0.1) is 0 Å². The zero-order valence-electron chi connectivity index (χ0n) is 18.7. The largest absolute Gasteiger partial charge is 0.482 e. The number of esters is 1. The van der Waals surface area contributed by atoms with Gasteiger partial charge in [-0.25, -0.2) is 13.6 Å². The summed E-state index contributed by atoms with van der Waals surface area (Å²) < 4.78 is 38.8. The number of hydrogen-bond donors (Lipinski definition) is 1. The van der Waals surface area contributed by atoms with Crippen molar-refractivity contribution in [2.24, 2.45) is 0 Å². The van der Waals surface area contributed by atoms with Crippen molar-refractivity contribution in [3.63, 3.8) is 0 Å². The molecule has 4 nitrogen and oxygen atoms in total. The molecular formula is C26H27F2NO3. The first-order chi connectivity index (χ1) is 15.2. The first kappa shape index (κ1) is 23.3. The SMILES string of the molecule is Cc1ccc(OCC(=O)OC(C)C)c(C)c1NCc1cc(-c2cccc(F)c2)ccc1F. The van der Waals surface area contributed by atoms with Crippen LogP contribution in [0, 0.1) is 25.5 Å². The zero-order chi connectivity index (χ0) is 23.3. The van der Waals surface area contributed by atoms with Crippen molar-refractivity contribution in [3.05, 3.63) is 82.9 Å². The van der Waals surface area contributed by atoms with Crippen LogP contribution in [0.25, 0.3) is 11.1 Å². The van der Waals surface area contributed by atoms with Crippen molar-refractivity contribution < 1.29 is 23.0 Å². The van der Waals surface area contributed by atoms with Gasteiger partial charge in [0.25, 0.3) is 0 Å². The van der Waals surface area contributed by atoms with Crippen LogP contribution in [0.5, 0.6) is 5.75 Å². The zero-order valence-corrected chi connectivity index (χ0v) is 18.7. The normalized spacial score (nSPS) is 10.8. The summed E-state index contributed by atoms with van der Waals surface area (Å²) in [6, 6.07) is 14.6. The van der Waals surface area contributed by atoms with Gasteiger partial charge < -0.3 is 14.8 Å². The van der Waals surface area contributed by atoms with Gasteiger partial charge in [-0.1, -0.05) is 24.3 Å². The lowest BCUT2D eigenvalue weighted by atomic mass is 10.0. The smallest absolute Gasteiger partial charge is 0.344 e. The van der Waals surface area contributed by atoms with E-state index in [4.69, 9.17) is 9.47 Å². The molecule has 0 bridgehead atoms. The van der Waals surface area contributed by atoms with Crippen LogP contribution in [0.1, 0.15) is 30.5 Å². The molecule has 0 saturated heterocycles. The van der Waals surface area contributed by atoms with Gasteiger partial charge in [0.15, 0.2) is 6.61 Å².